The molecule has 0 saturated carbocycles. The van der Waals surface area contributed by atoms with Gasteiger partial charge in [0.1, 0.15) is 0 Å². The van der Waals surface area contributed by atoms with Gasteiger partial charge in [-0.25, -0.2) is 4.98 Å². The predicted octanol–water partition coefficient (Wildman–Crippen LogP) is 3.56. The lowest BCUT2D eigenvalue weighted by molar-refractivity contribution is 0.349. The highest BCUT2D eigenvalue weighted by atomic mass is 32.2. The normalized spacial score (nSPS) is 17.0. The van der Waals surface area contributed by atoms with Gasteiger partial charge in [-0.05, 0) is 31.4 Å². The molecule has 3 heterocycles. The quantitative estimate of drug-likeness (QED) is 0.549. The minimum atomic E-state index is 0.0520. The molecule has 0 amide bonds. The monoisotopic (exact) mass is 370 g/mol. The van der Waals surface area contributed by atoms with Crippen molar-refractivity contribution in [2.24, 2.45) is 0 Å². The highest BCUT2D eigenvalue weighted by molar-refractivity contribution is 8.00. The van der Waals surface area contributed by atoms with E-state index in [1.807, 2.05) is 18.2 Å². The molecule has 9 heteroatoms. The average molecular weight is 370 g/mol. The third-order valence-corrected chi connectivity index (χ3v) is 6.44. The molecule has 1 aromatic carbocycles. The van der Waals surface area contributed by atoms with Crippen molar-refractivity contribution < 1.29 is 4.52 Å². The first kappa shape index (κ1) is 15.0. The number of thioether (sulfide) groups is 1. The number of aromatic nitrogens is 6. The maximum absolute atomic E-state index is 5.50. The number of benzene rings is 1. The SMILES string of the molecule is c1ccc2sc(SCc3noc(C4CCCc5n[nH]nc54)n3)nc2c1. The second-order valence-electron chi connectivity index (χ2n) is 5.89. The van der Waals surface area contributed by atoms with Crippen LogP contribution in [0.3, 0.4) is 0 Å². The number of hydrogen-bond donors (Lipinski definition) is 1. The Balaban J connectivity index is 1.32. The van der Waals surface area contributed by atoms with Crippen LogP contribution in [0.5, 0.6) is 0 Å². The van der Waals surface area contributed by atoms with Gasteiger partial charge in [-0.15, -0.1) is 11.3 Å². The fourth-order valence-electron chi connectivity index (χ4n) is 3.08. The lowest BCUT2D eigenvalue weighted by atomic mass is 9.90. The zero-order valence-electron chi connectivity index (χ0n) is 13.2. The Morgan fingerprint density at radius 2 is 2.20 bits per heavy atom. The second-order valence-corrected chi connectivity index (χ2v) is 8.14. The van der Waals surface area contributed by atoms with E-state index in [9.17, 15) is 0 Å². The molecule has 0 bridgehead atoms. The highest BCUT2D eigenvalue weighted by Crippen LogP contribution is 2.34. The van der Waals surface area contributed by atoms with Crippen LogP contribution in [-0.4, -0.2) is 30.5 Å². The molecule has 1 atom stereocenters. The van der Waals surface area contributed by atoms with Gasteiger partial charge in [0.25, 0.3) is 0 Å². The first-order valence-electron chi connectivity index (χ1n) is 8.07. The summed E-state index contributed by atoms with van der Waals surface area (Å²) in [6.07, 6.45) is 2.98. The van der Waals surface area contributed by atoms with E-state index < -0.39 is 0 Å². The molecule has 0 spiro atoms. The third kappa shape index (κ3) is 2.83. The van der Waals surface area contributed by atoms with Crippen molar-refractivity contribution in [2.75, 3.05) is 0 Å². The van der Waals surface area contributed by atoms with E-state index in [0.717, 1.165) is 40.5 Å². The topological polar surface area (TPSA) is 93.4 Å². The maximum Gasteiger partial charge on any atom is 0.235 e. The Labute approximate surface area is 151 Å². The van der Waals surface area contributed by atoms with Crippen LogP contribution in [0.1, 0.15) is 41.9 Å². The Kier molecular flexibility index (Phi) is 3.75. The standard InChI is InChI=1S/C16H14N6OS2/c1-2-7-12-10(5-1)17-16(25-12)24-8-13-18-15(23-21-13)9-4-3-6-11-14(9)20-22-19-11/h1-2,5,7,9H,3-4,6,8H2,(H,19,20,22). The van der Waals surface area contributed by atoms with Gasteiger partial charge in [-0.1, -0.05) is 29.1 Å². The third-order valence-electron chi connectivity index (χ3n) is 4.27. The van der Waals surface area contributed by atoms with E-state index >= 15 is 0 Å². The molecule has 0 fully saturated rings. The van der Waals surface area contributed by atoms with Crippen LogP contribution in [0.15, 0.2) is 33.1 Å². The van der Waals surface area contributed by atoms with Gasteiger partial charge in [0.2, 0.25) is 5.89 Å². The van der Waals surface area contributed by atoms with Crippen molar-refractivity contribution in [3.05, 3.63) is 47.4 Å². The zero-order chi connectivity index (χ0) is 16.6. The molecule has 1 aliphatic rings. The van der Waals surface area contributed by atoms with Gasteiger partial charge in [0.05, 0.1) is 33.3 Å². The molecule has 0 radical (unpaired) electrons. The lowest BCUT2D eigenvalue weighted by Gasteiger charge is -2.15. The Morgan fingerprint density at radius 3 is 3.16 bits per heavy atom. The van der Waals surface area contributed by atoms with E-state index in [4.69, 9.17) is 4.52 Å². The zero-order valence-corrected chi connectivity index (χ0v) is 14.8. The van der Waals surface area contributed by atoms with Crippen molar-refractivity contribution in [1.29, 1.82) is 0 Å². The summed E-state index contributed by atoms with van der Waals surface area (Å²) in [4.78, 5) is 9.20. The molecule has 1 N–H and O–H groups in total. The van der Waals surface area contributed by atoms with Crippen LogP contribution < -0.4 is 0 Å². The van der Waals surface area contributed by atoms with Gasteiger partial charge in [-0.2, -0.15) is 20.4 Å². The minimum Gasteiger partial charge on any atom is -0.339 e. The molecule has 0 aliphatic heterocycles. The summed E-state index contributed by atoms with van der Waals surface area (Å²) >= 11 is 3.32. The number of H-pyrrole nitrogens is 1. The number of nitrogens with zero attached hydrogens (tertiary/aromatic N) is 5. The Hall–Kier alpha value is -2.26. The largest absolute Gasteiger partial charge is 0.339 e. The molecule has 1 aliphatic carbocycles. The molecule has 25 heavy (non-hydrogen) atoms. The van der Waals surface area contributed by atoms with Crippen LogP contribution in [0, 0.1) is 0 Å². The van der Waals surface area contributed by atoms with Crippen molar-refractivity contribution in [3.63, 3.8) is 0 Å². The predicted molar refractivity (Wildman–Crippen MR) is 94.6 cm³/mol. The summed E-state index contributed by atoms with van der Waals surface area (Å²) in [5, 5.41) is 15.3. The van der Waals surface area contributed by atoms with Gasteiger partial charge in [-0.3, -0.25) is 0 Å². The summed E-state index contributed by atoms with van der Waals surface area (Å²) < 4.78 is 7.72. The Morgan fingerprint density at radius 1 is 1.24 bits per heavy atom. The number of rotatable bonds is 4. The minimum absolute atomic E-state index is 0.0520. The molecule has 1 unspecified atom stereocenters. The fraction of sp³-hybridized carbons (Fsp3) is 0.312. The molecule has 7 nitrogen and oxygen atoms in total. The Bertz CT molecular complexity index is 989. The first-order valence-corrected chi connectivity index (χ1v) is 9.87. The van der Waals surface area contributed by atoms with Crippen LogP contribution in [0.2, 0.25) is 0 Å². The van der Waals surface area contributed by atoms with Gasteiger partial charge >= 0.3 is 0 Å². The van der Waals surface area contributed by atoms with Gasteiger partial charge in [0.15, 0.2) is 10.2 Å². The van der Waals surface area contributed by atoms with Crippen molar-refractivity contribution in [2.45, 2.75) is 35.3 Å². The number of aryl methyl sites for hydroxylation is 1. The maximum atomic E-state index is 5.50. The summed E-state index contributed by atoms with van der Waals surface area (Å²) in [6.45, 7) is 0. The molecule has 0 saturated heterocycles. The van der Waals surface area contributed by atoms with Crippen molar-refractivity contribution in [3.8, 4) is 0 Å². The van der Waals surface area contributed by atoms with Crippen molar-refractivity contribution >= 4 is 33.3 Å². The van der Waals surface area contributed by atoms with Crippen molar-refractivity contribution in [1.82, 2.24) is 30.5 Å². The number of fused-ring (bicyclic) bond motifs is 2. The molecule has 126 valence electrons. The summed E-state index contributed by atoms with van der Waals surface area (Å²) in [5.41, 5.74) is 2.99. The summed E-state index contributed by atoms with van der Waals surface area (Å²) in [7, 11) is 0. The second kappa shape index (κ2) is 6.23. The van der Waals surface area contributed by atoms with Crippen LogP contribution in [-0.2, 0) is 12.2 Å². The van der Waals surface area contributed by atoms with E-state index in [2.05, 4.69) is 36.6 Å². The van der Waals surface area contributed by atoms with E-state index in [-0.39, 0.29) is 5.92 Å². The van der Waals surface area contributed by atoms with E-state index in [1.54, 1.807) is 23.1 Å². The van der Waals surface area contributed by atoms with Gasteiger partial charge in [0, 0.05) is 0 Å². The van der Waals surface area contributed by atoms with Crippen LogP contribution in [0.4, 0.5) is 0 Å². The van der Waals surface area contributed by atoms with Gasteiger partial charge < -0.3 is 4.52 Å². The molecular formula is C16H14N6OS2. The highest BCUT2D eigenvalue weighted by Gasteiger charge is 2.30. The lowest BCUT2D eigenvalue weighted by Crippen LogP contribution is -2.11. The number of para-hydroxylation sites is 1. The van der Waals surface area contributed by atoms with E-state index in [1.165, 1.54) is 4.70 Å². The summed E-state index contributed by atoms with van der Waals surface area (Å²) in [5.74, 6) is 2.02. The number of hydrogen-bond acceptors (Lipinski definition) is 8. The van der Waals surface area contributed by atoms with Crippen LogP contribution >= 0.6 is 23.1 Å². The molecule has 3 aromatic heterocycles. The first-order chi connectivity index (χ1) is 12.4. The molecule has 5 rings (SSSR count). The fourth-order valence-corrected chi connectivity index (χ4v) is 4.99. The average Bonchev–Trinajstić information content (AvgIpc) is 3.37. The molecular weight excluding hydrogens is 356 g/mol. The van der Waals surface area contributed by atoms with E-state index in [0.29, 0.717) is 17.5 Å². The number of thiazole rings is 1. The number of aromatic amines is 1. The molecule has 4 aromatic rings. The summed E-state index contributed by atoms with van der Waals surface area (Å²) in [6, 6.07) is 8.15. The smallest absolute Gasteiger partial charge is 0.235 e. The van der Waals surface area contributed by atoms with Crippen LogP contribution in [0.25, 0.3) is 10.2 Å². The number of nitrogens with one attached hydrogen (secondary N) is 1.